The van der Waals surface area contributed by atoms with Crippen molar-refractivity contribution >= 4 is 0 Å². The van der Waals surface area contributed by atoms with Crippen molar-refractivity contribution in [2.45, 2.75) is 6.54 Å². The standard InChI is InChI=1S/C11H8FN2O/c12-10-6-13-8-14(11(10)15)7-9-4-2-1-3-5-9/h1-5,8H,7H2. The first-order valence-corrected chi connectivity index (χ1v) is 4.44. The molecule has 0 amide bonds. The lowest BCUT2D eigenvalue weighted by Gasteiger charge is -2.03. The van der Waals surface area contributed by atoms with Crippen molar-refractivity contribution < 1.29 is 4.39 Å². The van der Waals surface area contributed by atoms with Gasteiger partial charge >= 0.3 is 0 Å². The van der Waals surface area contributed by atoms with Gasteiger partial charge in [0, 0.05) is 0 Å². The molecule has 4 heteroatoms. The van der Waals surface area contributed by atoms with E-state index >= 15 is 0 Å². The first-order valence-electron chi connectivity index (χ1n) is 4.44. The summed E-state index contributed by atoms with van der Waals surface area (Å²) in [5, 5.41) is 0. The van der Waals surface area contributed by atoms with Crippen LogP contribution in [0.2, 0.25) is 0 Å². The molecular formula is C11H8FN2O. The molecule has 0 aliphatic rings. The van der Waals surface area contributed by atoms with Crippen LogP contribution < -0.4 is 5.56 Å². The molecule has 1 aromatic carbocycles. The van der Waals surface area contributed by atoms with Crippen LogP contribution in [0.3, 0.4) is 0 Å². The quantitative estimate of drug-likeness (QED) is 0.735. The Bertz CT molecular complexity index is 507. The van der Waals surface area contributed by atoms with E-state index in [1.54, 1.807) is 0 Å². The molecule has 2 rings (SSSR count). The number of nitrogens with zero attached hydrogens (tertiary/aromatic N) is 2. The minimum absolute atomic E-state index is 0.318. The molecule has 0 unspecified atom stereocenters. The highest BCUT2D eigenvalue weighted by Crippen LogP contribution is 1.99. The fourth-order valence-electron chi connectivity index (χ4n) is 1.27. The highest BCUT2D eigenvalue weighted by Gasteiger charge is 2.03. The summed E-state index contributed by atoms with van der Waals surface area (Å²) in [5.41, 5.74) is 0.223. The Morgan fingerprint density at radius 3 is 2.80 bits per heavy atom. The predicted octanol–water partition coefficient (Wildman–Crippen LogP) is 1.23. The van der Waals surface area contributed by atoms with Crippen LogP contribution in [0.1, 0.15) is 5.56 Å². The van der Waals surface area contributed by atoms with Gasteiger partial charge in [-0.3, -0.25) is 9.36 Å². The van der Waals surface area contributed by atoms with E-state index in [4.69, 9.17) is 0 Å². The van der Waals surface area contributed by atoms with Gasteiger partial charge in [0.1, 0.15) is 6.20 Å². The average molecular weight is 203 g/mol. The zero-order chi connectivity index (χ0) is 10.7. The van der Waals surface area contributed by atoms with Gasteiger partial charge < -0.3 is 0 Å². The lowest BCUT2D eigenvalue weighted by atomic mass is 10.2. The van der Waals surface area contributed by atoms with Gasteiger partial charge in [-0.25, -0.2) is 4.98 Å². The fourth-order valence-corrected chi connectivity index (χ4v) is 1.27. The summed E-state index contributed by atoms with van der Waals surface area (Å²) in [7, 11) is 0. The molecule has 15 heavy (non-hydrogen) atoms. The zero-order valence-corrected chi connectivity index (χ0v) is 7.85. The Balaban J connectivity index is 2.33. The lowest BCUT2D eigenvalue weighted by molar-refractivity contribution is 0.565. The van der Waals surface area contributed by atoms with Crippen molar-refractivity contribution in [3.8, 4) is 0 Å². The van der Waals surface area contributed by atoms with Gasteiger partial charge in [-0.2, -0.15) is 4.39 Å². The first-order chi connectivity index (χ1) is 7.27. The summed E-state index contributed by atoms with van der Waals surface area (Å²) in [6.07, 6.45) is 3.25. The zero-order valence-electron chi connectivity index (χ0n) is 7.85. The molecule has 3 nitrogen and oxygen atoms in total. The third kappa shape index (κ3) is 2.10. The number of hydrogen-bond acceptors (Lipinski definition) is 2. The molecule has 0 N–H and O–H groups in total. The SMILES string of the molecule is O=c1c(F)[c]ncn1Cc1ccccc1. The van der Waals surface area contributed by atoms with Gasteiger partial charge in [-0.15, -0.1) is 0 Å². The monoisotopic (exact) mass is 203 g/mol. The minimum Gasteiger partial charge on any atom is -0.292 e. The van der Waals surface area contributed by atoms with Gasteiger partial charge in [0.05, 0.1) is 12.9 Å². The van der Waals surface area contributed by atoms with E-state index in [1.165, 1.54) is 10.9 Å². The van der Waals surface area contributed by atoms with Crippen molar-refractivity contribution in [3.63, 3.8) is 0 Å². The third-order valence-electron chi connectivity index (χ3n) is 2.00. The summed E-state index contributed by atoms with van der Waals surface area (Å²) < 4.78 is 14.0. The van der Waals surface area contributed by atoms with Crippen LogP contribution >= 0.6 is 0 Å². The van der Waals surface area contributed by atoms with Crippen molar-refractivity contribution in [2.24, 2.45) is 0 Å². The molecule has 0 aliphatic heterocycles. The number of benzene rings is 1. The average Bonchev–Trinajstić information content (AvgIpc) is 2.26. The molecule has 0 saturated carbocycles. The topological polar surface area (TPSA) is 34.9 Å². The molecule has 1 heterocycles. The van der Waals surface area contributed by atoms with E-state index < -0.39 is 11.4 Å². The van der Waals surface area contributed by atoms with E-state index in [2.05, 4.69) is 4.98 Å². The Morgan fingerprint density at radius 2 is 2.07 bits per heavy atom. The molecule has 0 saturated heterocycles. The summed E-state index contributed by atoms with van der Waals surface area (Å²) in [6.45, 7) is 0.318. The summed E-state index contributed by atoms with van der Waals surface area (Å²) in [4.78, 5) is 14.8. The second kappa shape index (κ2) is 4.04. The molecule has 1 radical (unpaired) electrons. The summed E-state index contributed by atoms with van der Waals surface area (Å²) >= 11 is 0. The van der Waals surface area contributed by atoms with E-state index in [1.807, 2.05) is 36.5 Å². The van der Waals surface area contributed by atoms with Gasteiger partial charge in [0.2, 0.25) is 5.82 Å². The van der Waals surface area contributed by atoms with Crippen LogP contribution in [0, 0.1) is 12.0 Å². The third-order valence-corrected chi connectivity index (χ3v) is 2.00. The molecule has 1 aromatic heterocycles. The molecule has 0 bridgehead atoms. The number of rotatable bonds is 2. The van der Waals surface area contributed by atoms with Crippen LogP contribution in [0.4, 0.5) is 4.39 Å². The van der Waals surface area contributed by atoms with Crippen LogP contribution in [0.25, 0.3) is 0 Å². The van der Waals surface area contributed by atoms with Crippen LogP contribution in [-0.2, 0) is 6.54 Å². The first kappa shape index (κ1) is 9.58. The Morgan fingerprint density at radius 1 is 1.33 bits per heavy atom. The molecule has 75 valence electrons. The number of aromatic nitrogens is 2. The Hall–Kier alpha value is -1.97. The van der Waals surface area contributed by atoms with E-state index in [9.17, 15) is 9.18 Å². The smallest absolute Gasteiger partial charge is 0.290 e. The highest BCUT2D eigenvalue weighted by atomic mass is 19.1. The molecule has 0 spiro atoms. The molecule has 0 atom stereocenters. The van der Waals surface area contributed by atoms with E-state index in [0.29, 0.717) is 6.54 Å². The maximum atomic E-state index is 12.8. The van der Waals surface area contributed by atoms with Crippen molar-refractivity contribution in [2.75, 3.05) is 0 Å². The van der Waals surface area contributed by atoms with Crippen molar-refractivity contribution in [1.29, 1.82) is 0 Å². The minimum atomic E-state index is -0.951. The number of hydrogen-bond donors (Lipinski definition) is 0. The predicted molar refractivity (Wildman–Crippen MR) is 52.8 cm³/mol. The Labute approximate surface area is 85.8 Å². The maximum Gasteiger partial charge on any atom is 0.290 e. The second-order valence-electron chi connectivity index (χ2n) is 3.09. The fraction of sp³-hybridized carbons (Fsp3) is 0.0909. The molecule has 0 fully saturated rings. The van der Waals surface area contributed by atoms with E-state index in [0.717, 1.165) is 5.56 Å². The normalized spacial score (nSPS) is 10.2. The number of halogens is 1. The summed E-state index contributed by atoms with van der Waals surface area (Å²) in [5.74, 6) is -0.951. The molecule has 0 aliphatic carbocycles. The Kier molecular flexibility index (Phi) is 2.58. The maximum absolute atomic E-state index is 12.8. The van der Waals surface area contributed by atoms with Gasteiger partial charge in [-0.05, 0) is 5.56 Å². The van der Waals surface area contributed by atoms with Gasteiger partial charge in [0.15, 0.2) is 0 Å². The van der Waals surface area contributed by atoms with Crippen LogP contribution in [-0.4, -0.2) is 9.55 Å². The van der Waals surface area contributed by atoms with Gasteiger partial charge in [-0.1, -0.05) is 30.3 Å². The van der Waals surface area contributed by atoms with E-state index in [-0.39, 0.29) is 0 Å². The lowest BCUT2D eigenvalue weighted by Crippen LogP contribution is -2.23. The molecule has 2 aromatic rings. The summed E-state index contributed by atoms with van der Waals surface area (Å²) in [6, 6.07) is 9.32. The largest absolute Gasteiger partial charge is 0.292 e. The van der Waals surface area contributed by atoms with Crippen molar-refractivity contribution in [1.82, 2.24) is 9.55 Å². The van der Waals surface area contributed by atoms with Crippen LogP contribution in [0.15, 0.2) is 41.5 Å². The van der Waals surface area contributed by atoms with Gasteiger partial charge in [0.25, 0.3) is 5.56 Å². The highest BCUT2D eigenvalue weighted by molar-refractivity contribution is 5.15. The second-order valence-corrected chi connectivity index (χ2v) is 3.09. The molecular weight excluding hydrogens is 195 g/mol. The van der Waals surface area contributed by atoms with Crippen LogP contribution in [0.5, 0.6) is 0 Å². The van der Waals surface area contributed by atoms with Crippen molar-refractivity contribution in [3.05, 3.63) is 64.6 Å².